The Bertz CT molecular complexity index is 442. The predicted molar refractivity (Wildman–Crippen MR) is 65.1 cm³/mol. The van der Waals surface area contributed by atoms with Crippen LogP contribution in [0.5, 0.6) is 0 Å². The molecule has 15 heavy (non-hydrogen) atoms. The van der Waals surface area contributed by atoms with E-state index in [0.29, 0.717) is 5.13 Å². The lowest BCUT2D eigenvalue weighted by Crippen LogP contribution is -2.19. The molecule has 76 valence electrons. The van der Waals surface area contributed by atoms with Crippen LogP contribution >= 0.6 is 24.0 Å². The number of hydrogen-bond acceptors (Lipinski definition) is 3. The average molecular weight is 236 g/mol. The number of carbonyl (C=O) groups excluding carboxylic acids is 1. The van der Waals surface area contributed by atoms with Crippen molar-refractivity contribution in [2.45, 2.75) is 0 Å². The van der Waals surface area contributed by atoms with Crippen LogP contribution in [0.25, 0.3) is 0 Å². The van der Waals surface area contributed by atoms with Gasteiger partial charge < -0.3 is 0 Å². The third-order valence-corrected chi connectivity index (χ3v) is 2.77. The summed E-state index contributed by atoms with van der Waals surface area (Å²) in [6.07, 6.45) is 1.66. The maximum absolute atomic E-state index is 11.4. The van der Waals surface area contributed by atoms with Crippen LogP contribution in [0.4, 0.5) is 15.6 Å². The van der Waals surface area contributed by atoms with Gasteiger partial charge in [-0.15, -0.1) is 11.3 Å². The largest absolute Gasteiger partial charge is 0.289 e. The van der Waals surface area contributed by atoms with Crippen molar-refractivity contribution in [2.75, 3.05) is 4.90 Å². The van der Waals surface area contributed by atoms with Gasteiger partial charge in [0.25, 0.3) is 5.24 Å². The average Bonchev–Trinajstić information content (AvgIpc) is 2.72. The number of aromatic nitrogens is 1. The molecule has 0 unspecified atom stereocenters. The van der Waals surface area contributed by atoms with Gasteiger partial charge in [0, 0.05) is 11.6 Å². The molecule has 0 spiro atoms. The molecule has 0 aliphatic rings. The Morgan fingerprint density at radius 3 is 2.60 bits per heavy atom. The number of rotatable bonds is 2. The summed E-state index contributed by atoms with van der Waals surface area (Å²) in [6, 6.07) is 9.32. The Morgan fingerprint density at radius 1 is 1.33 bits per heavy atom. The highest BCUT2D eigenvalue weighted by molar-refractivity contribution is 7.97. The second-order valence-electron chi connectivity index (χ2n) is 2.77. The molecule has 1 amide bonds. The first-order chi connectivity index (χ1) is 7.29. The third-order valence-electron chi connectivity index (χ3n) is 1.82. The molecule has 1 aromatic carbocycles. The van der Waals surface area contributed by atoms with Crippen LogP contribution in [0.15, 0.2) is 41.9 Å². The maximum atomic E-state index is 11.4. The number of benzene rings is 1. The maximum Gasteiger partial charge on any atom is 0.289 e. The molecule has 0 aliphatic carbocycles. The first-order valence-corrected chi connectivity index (χ1v) is 5.59. The van der Waals surface area contributed by atoms with Crippen LogP contribution < -0.4 is 4.90 Å². The van der Waals surface area contributed by atoms with E-state index in [1.54, 1.807) is 6.20 Å². The van der Waals surface area contributed by atoms with E-state index < -0.39 is 0 Å². The van der Waals surface area contributed by atoms with Crippen LogP contribution in [0.3, 0.4) is 0 Å². The molecular weight excluding hydrogens is 228 g/mol. The van der Waals surface area contributed by atoms with Crippen molar-refractivity contribution in [3.8, 4) is 0 Å². The minimum absolute atomic E-state index is 0.337. The molecule has 0 atom stereocenters. The molecule has 2 rings (SSSR count). The Morgan fingerprint density at radius 2 is 2.07 bits per heavy atom. The number of thiazole rings is 1. The monoisotopic (exact) mass is 236 g/mol. The SMILES string of the molecule is O=C(S)N(c1ccccc1)c1nccs1. The summed E-state index contributed by atoms with van der Waals surface area (Å²) in [4.78, 5) is 17.0. The topological polar surface area (TPSA) is 33.2 Å². The number of hydrogen-bond donors (Lipinski definition) is 1. The third kappa shape index (κ3) is 2.19. The van der Waals surface area contributed by atoms with E-state index in [0.717, 1.165) is 5.69 Å². The van der Waals surface area contributed by atoms with E-state index in [4.69, 9.17) is 0 Å². The molecule has 1 heterocycles. The fourth-order valence-electron chi connectivity index (χ4n) is 1.21. The lowest BCUT2D eigenvalue weighted by atomic mass is 10.3. The highest BCUT2D eigenvalue weighted by atomic mass is 32.1. The van der Waals surface area contributed by atoms with Crippen molar-refractivity contribution in [3.63, 3.8) is 0 Å². The lowest BCUT2D eigenvalue weighted by molar-refractivity contribution is 0.267. The minimum Gasteiger partial charge on any atom is -0.261 e. The zero-order valence-electron chi connectivity index (χ0n) is 7.70. The first-order valence-electron chi connectivity index (χ1n) is 4.26. The molecule has 0 radical (unpaired) electrons. The van der Waals surface area contributed by atoms with Gasteiger partial charge in [-0.1, -0.05) is 30.8 Å². The second-order valence-corrected chi connectivity index (χ2v) is 4.02. The summed E-state index contributed by atoms with van der Waals surface area (Å²) in [5.74, 6) is 0. The fourth-order valence-corrected chi connectivity index (χ4v) is 2.14. The van der Waals surface area contributed by atoms with Crippen LogP contribution in [-0.2, 0) is 0 Å². The zero-order chi connectivity index (χ0) is 10.7. The van der Waals surface area contributed by atoms with Crippen molar-refractivity contribution >= 4 is 40.0 Å². The van der Waals surface area contributed by atoms with Gasteiger partial charge >= 0.3 is 0 Å². The highest BCUT2D eigenvalue weighted by Gasteiger charge is 2.16. The Hall–Kier alpha value is -1.33. The van der Waals surface area contributed by atoms with Gasteiger partial charge in [0.2, 0.25) is 0 Å². The summed E-state index contributed by atoms with van der Waals surface area (Å²) < 4.78 is 0. The van der Waals surface area contributed by atoms with E-state index in [-0.39, 0.29) is 5.24 Å². The van der Waals surface area contributed by atoms with Crippen molar-refractivity contribution in [1.29, 1.82) is 0 Å². The van der Waals surface area contributed by atoms with Crippen molar-refractivity contribution < 1.29 is 4.79 Å². The quantitative estimate of drug-likeness (QED) is 0.811. The Labute approximate surface area is 96.8 Å². The molecule has 0 aliphatic heterocycles. The van der Waals surface area contributed by atoms with Crippen molar-refractivity contribution in [2.24, 2.45) is 0 Å². The smallest absolute Gasteiger partial charge is 0.261 e. The summed E-state index contributed by atoms with van der Waals surface area (Å²) in [7, 11) is 0. The molecule has 0 saturated heterocycles. The number of amides is 1. The van der Waals surface area contributed by atoms with Gasteiger partial charge in [-0.3, -0.25) is 4.79 Å². The molecule has 0 N–H and O–H groups in total. The molecule has 0 saturated carbocycles. The first kappa shape index (κ1) is 10.2. The summed E-state index contributed by atoms with van der Waals surface area (Å²) in [6.45, 7) is 0. The molecule has 5 heteroatoms. The van der Waals surface area contributed by atoms with Gasteiger partial charge in [-0.05, 0) is 12.1 Å². The van der Waals surface area contributed by atoms with Crippen LogP contribution in [-0.4, -0.2) is 10.2 Å². The van der Waals surface area contributed by atoms with Crippen LogP contribution in [0.1, 0.15) is 0 Å². The van der Waals surface area contributed by atoms with Gasteiger partial charge in [0.1, 0.15) is 0 Å². The number of para-hydroxylation sites is 1. The van der Waals surface area contributed by atoms with E-state index >= 15 is 0 Å². The normalized spacial score (nSPS) is 9.93. The van der Waals surface area contributed by atoms with Crippen LogP contribution in [0.2, 0.25) is 0 Å². The summed E-state index contributed by atoms with van der Waals surface area (Å²) in [5.41, 5.74) is 0.771. The molecule has 0 bridgehead atoms. The van der Waals surface area contributed by atoms with Gasteiger partial charge in [0.15, 0.2) is 5.13 Å². The molecule has 0 fully saturated rings. The number of nitrogens with zero attached hydrogens (tertiary/aromatic N) is 2. The van der Waals surface area contributed by atoms with E-state index in [1.807, 2.05) is 35.7 Å². The lowest BCUT2D eigenvalue weighted by Gasteiger charge is -2.16. The standard InChI is InChI=1S/C10H8N2OS2/c13-10(14)12(9-11-6-7-15-9)8-4-2-1-3-5-8/h1-7H,(H,13,14). The summed E-state index contributed by atoms with van der Waals surface area (Å²) >= 11 is 5.24. The number of anilines is 2. The second kappa shape index (κ2) is 4.46. The van der Waals surface area contributed by atoms with Gasteiger partial charge in [0.05, 0.1) is 5.69 Å². The Kier molecular flexibility index (Phi) is 3.03. The zero-order valence-corrected chi connectivity index (χ0v) is 9.41. The van der Waals surface area contributed by atoms with E-state index in [2.05, 4.69) is 17.6 Å². The molecule has 3 nitrogen and oxygen atoms in total. The predicted octanol–water partition coefficient (Wildman–Crippen LogP) is 3.33. The fraction of sp³-hybridized carbons (Fsp3) is 0. The van der Waals surface area contributed by atoms with Gasteiger partial charge in [-0.25, -0.2) is 9.88 Å². The van der Waals surface area contributed by atoms with Crippen LogP contribution in [0, 0.1) is 0 Å². The Balaban J connectivity index is 2.42. The molecule has 2 aromatic rings. The van der Waals surface area contributed by atoms with Gasteiger partial charge in [-0.2, -0.15) is 0 Å². The van der Waals surface area contributed by atoms with Crippen molar-refractivity contribution in [3.05, 3.63) is 41.9 Å². The van der Waals surface area contributed by atoms with E-state index in [9.17, 15) is 4.79 Å². The number of thiol groups is 1. The molecule has 1 aromatic heterocycles. The minimum atomic E-state index is -0.337. The highest BCUT2D eigenvalue weighted by Crippen LogP contribution is 2.28. The molecular formula is C10H8N2OS2. The van der Waals surface area contributed by atoms with Crippen molar-refractivity contribution in [1.82, 2.24) is 4.98 Å². The van der Waals surface area contributed by atoms with E-state index in [1.165, 1.54) is 16.2 Å². The summed E-state index contributed by atoms with van der Waals surface area (Å²) in [5, 5.41) is 2.11. The number of carbonyl (C=O) groups is 1.